The van der Waals surface area contributed by atoms with Gasteiger partial charge in [-0.05, 0) is 50.0 Å². The third-order valence-corrected chi connectivity index (χ3v) is 6.90. The highest BCUT2D eigenvalue weighted by Crippen LogP contribution is 2.48. The van der Waals surface area contributed by atoms with Crippen LogP contribution in [0.2, 0.25) is 0 Å². The first-order chi connectivity index (χ1) is 13.7. The molecule has 5 heteroatoms. The number of hydrogen-bond donors (Lipinski definition) is 0. The molecule has 0 aliphatic carbocycles. The Morgan fingerprint density at radius 1 is 1.04 bits per heavy atom. The van der Waals surface area contributed by atoms with E-state index in [1.807, 2.05) is 23.1 Å². The SMILES string of the molecule is COc1ccccc1[C@@H]1CN(C(=O)c2ccccc2F)[C@H]2C3CCN(CC3)[C@@H]12. The quantitative estimate of drug-likeness (QED) is 0.817. The van der Waals surface area contributed by atoms with Crippen molar-refractivity contribution in [2.24, 2.45) is 5.92 Å². The lowest BCUT2D eigenvalue weighted by atomic mass is 9.75. The third-order valence-electron chi connectivity index (χ3n) is 6.90. The van der Waals surface area contributed by atoms with Gasteiger partial charge in [0.05, 0.1) is 18.7 Å². The minimum atomic E-state index is -0.439. The van der Waals surface area contributed by atoms with Crippen molar-refractivity contribution >= 4 is 5.91 Å². The molecule has 0 spiro atoms. The number of ether oxygens (including phenoxy) is 1. The van der Waals surface area contributed by atoms with Gasteiger partial charge in [-0.1, -0.05) is 30.3 Å². The molecule has 28 heavy (non-hydrogen) atoms. The number of halogens is 1. The molecular weight excluding hydrogens is 355 g/mol. The van der Waals surface area contributed by atoms with Crippen molar-refractivity contribution in [1.82, 2.24) is 9.80 Å². The molecule has 2 aromatic rings. The molecule has 4 nitrogen and oxygen atoms in total. The summed E-state index contributed by atoms with van der Waals surface area (Å²) in [5, 5.41) is 0. The first kappa shape index (κ1) is 17.7. The van der Waals surface area contributed by atoms with Crippen molar-refractivity contribution in [2.75, 3.05) is 26.7 Å². The number of para-hydroxylation sites is 1. The Balaban J connectivity index is 1.56. The second-order valence-corrected chi connectivity index (χ2v) is 8.14. The summed E-state index contributed by atoms with van der Waals surface area (Å²) < 4.78 is 20.0. The Hall–Kier alpha value is -2.40. The molecule has 0 unspecified atom stereocenters. The molecule has 0 radical (unpaired) electrons. The van der Waals surface area contributed by atoms with Gasteiger partial charge in [-0.15, -0.1) is 0 Å². The fourth-order valence-corrected chi connectivity index (χ4v) is 5.69. The first-order valence-electron chi connectivity index (χ1n) is 10.1. The minimum Gasteiger partial charge on any atom is -0.496 e. The lowest BCUT2D eigenvalue weighted by Gasteiger charge is -2.51. The van der Waals surface area contributed by atoms with Gasteiger partial charge < -0.3 is 9.64 Å². The van der Waals surface area contributed by atoms with Crippen LogP contribution >= 0.6 is 0 Å². The maximum absolute atomic E-state index is 14.4. The monoisotopic (exact) mass is 380 g/mol. The zero-order chi connectivity index (χ0) is 19.3. The number of carbonyl (C=O) groups is 1. The molecule has 4 fully saturated rings. The number of piperidine rings is 3. The molecule has 0 aromatic heterocycles. The van der Waals surface area contributed by atoms with E-state index < -0.39 is 5.82 Å². The van der Waals surface area contributed by atoms with Crippen LogP contribution in [0.15, 0.2) is 48.5 Å². The number of methoxy groups -OCH3 is 1. The highest BCUT2D eigenvalue weighted by atomic mass is 19.1. The summed E-state index contributed by atoms with van der Waals surface area (Å²) in [5.41, 5.74) is 1.33. The Kier molecular flexibility index (Phi) is 4.35. The summed E-state index contributed by atoms with van der Waals surface area (Å²) in [4.78, 5) is 17.9. The van der Waals surface area contributed by atoms with Crippen LogP contribution in [0.5, 0.6) is 5.75 Å². The van der Waals surface area contributed by atoms with E-state index >= 15 is 0 Å². The molecule has 6 rings (SSSR count). The highest BCUT2D eigenvalue weighted by molar-refractivity contribution is 5.95. The number of amides is 1. The summed E-state index contributed by atoms with van der Waals surface area (Å²) in [6.07, 6.45) is 2.22. The number of likely N-dealkylation sites (tertiary alicyclic amines) is 1. The number of rotatable bonds is 3. The summed E-state index contributed by atoms with van der Waals surface area (Å²) in [6, 6.07) is 14.9. The van der Waals surface area contributed by atoms with Gasteiger partial charge in [-0.2, -0.15) is 0 Å². The second kappa shape index (κ2) is 6.89. The van der Waals surface area contributed by atoms with Crippen LogP contribution in [0.3, 0.4) is 0 Å². The fraction of sp³-hybridized carbons (Fsp3) is 0.435. The van der Waals surface area contributed by atoms with Crippen LogP contribution in [-0.2, 0) is 0 Å². The van der Waals surface area contributed by atoms with Gasteiger partial charge in [0.25, 0.3) is 5.91 Å². The third kappa shape index (κ3) is 2.64. The zero-order valence-electron chi connectivity index (χ0n) is 16.1. The molecule has 2 aromatic carbocycles. The molecule has 2 bridgehead atoms. The van der Waals surface area contributed by atoms with Gasteiger partial charge in [0.2, 0.25) is 0 Å². The Morgan fingerprint density at radius 3 is 2.50 bits per heavy atom. The number of carbonyl (C=O) groups excluding carboxylic acids is 1. The van der Waals surface area contributed by atoms with Crippen LogP contribution in [-0.4, -0.2) is 54.5 Å². The number of benzene rings is 2. The van der Waals surface area contributed by atoms with Crippen LogP contribution in [0.25, 0.3) is 0 Å². The first-order valence-corrected chi connectivity index (χ1v) is 10.1. The van der Waals surface area contributed by atoms with Gasteiger partial charge in [-0.3, -0.25) is 9.69 Å². The standard InChI is InChI=1S/C23H25FN2O2/c1-28-20-9-5-3-6-16(20)18-14-26(23(27)17-7-2-4-8-19(17)24)21-15-10-12-25(13-11-15)22(18)21/h2-9,15,18,21-22H,10-14H2,1H3/t18-,21-,22-/m0/s1. The number of fused-ring (bicyclic) bond motifs is 2. The molecule has 4 aliphatic heterocycles. The molecular formula is C23H25FN2O2. The summed E-state index contributed by atoms with van der Waals surface area (Å²) in [5.74, 6) is 0.921. The molecule has 4 heterocycles. The molecule has 4 saturated heterocycles. The van der Waals surface area contributed by atoms with Crippen molar-refractivity contribution in [3.8, 4) is 5.75 Å². The van der Waals surface area contributed by atoms with Crippen molar-refractivity contribution in [3.63, 3.8) is 0 Å². The fourth-order valence-electron chi connectivity index (χ4n) is 5.69. The van der Waals surface area contributed by atoms with Gasteiger partial charge in [0.15, 0.2) is 0 Å². The maximum Gasteiger partial charge on any atom is 0.257 e. The lowest BCUT2D eigenvalue weighted by Crippen LogP contribution is -2.60. The van der Waals surface area contributed by atoms with E-state index in [1.165, 1.54) is 6.07 Å². The molecule has 1 amide bonds. The summed E-state index contributed by atoms with van der Waals surface area (Å²) in [6.45, 7) is 2.77. The maximum atomic E-state index is 14.4. The molecule has 146 valence electrons. The predicted molar refractivity (Wildman–Crippen MR) is 105 cm³/mol. The Bertz CT molecular complexity index is 894. The largest absolute Gasteiger partial charge is 0.496 e. The van der Waals surface area contributed by atoms with E-state index in [2.05, 4.69) is 11.0 Å². The number of hydrogen-bond acceptors (Lipinski definition) is 3. The number of nitrogens with zero attached hydrogens (tertiary/aromatic N) is 2. The Labute approximate surface area is 164 Å². The van der Waals surface area contributed by atoms with Gasteiger partial charge in [0.1, 0.15) is 11.6 Å². The summed E-state index contributed by atoms with van der Waals surface area (Å²) in [7, 11) is 1.70. The van der Waals surface area contributed by atoms with Crippen molar-refractivity contribution < 1.29 is 13.9 Å². The second-order valence-electron chi connectivity index (χ2n) is 8.14. The summed E-state index contributed by atoms with van der Waals surface area (Å²) >= 11 is 0. The van der Waals surface area contributed by atoms with Crippen LogP contribution in [0, 0.1) is 11.7 Å². The van der Waals surface area contributed by atoms with Gasteiger partial charge in [0, 0.05) is 24.1 Å². The average molecular weight is 380 g/mol. The van der Waals surface area contributed by atoms with Gasteiger partial charge >= 0.3 is 0 Å². The molecule has 3 atom stereocenters. The van der Waals surface area contributed by atoms with Crippen molar-refractivity contribution in [3.05, 3.63) is 65.5 Å². The average Bonchev–Trinajstić information content (AvgIpc) is 3.17. The zero-order valence-corrected chi connectivity index (χ0v) is 16.1. The van der Waals surface area contributed by atoms with Gasteiger partial charge in [-0.25, -0.2) is 4.39 Å². The Morgan fingerprint density at radius 2 is 1.75 bits per heavy atom. The minimum absolute atomic E-state index is 0.143. The van der Waals surface area contributed by atoms with E-state index in [1.54, 1.807) is 25.3 Å². The van der Waals surface area contributed by atoms with E-state index in [4.69, 9.17) is 4.74 Å². The molecule has 0 N–H and O–H groups in total. The predicted octanol–water partition coefficient (Wildman–Crippen LogP) is 3.54. The topological polar surface area (TPSA) is 32.8 Å². The van der Waals surface area contributed by atoms with E-state index in [9.17, 15) is 9.18 Å². The highest BCUT2D eigenvalue weighted by Gasteiger charge is 2.55. The van der Waals surface area contributed by atoms with E-state index in [-0.39, 0.29) is 29.5 Å². The van der Waals surface area contributed by atoms with Crippen LogP contribution in [0.1, 0.15) is 34.7 Å². The van der Waals surface area contributed by atoms with Crippen molar-refractivity contribution in [2.45, 2.75) is 30.8 Å². The lowest BCUT2D eigenvalue weighted by molar-refractivity contribution is -0.00363. The van der Waals surface area contributed by atoms with E-state index in [0.29, 0.717) is 12.5 Å². The van der Waals surface area contributed by atoms with Crippen molar-refractivity contribution in [1.29, 1.82) is 0 Å². The molecule has 0 saturated carbocycles. The molecule has 4 aliphatic rings. The normalized spacial score (nSPS) is 30.9. The van der Waals surface area contributed by atoms with Crippen LogP contribution in [0.4, 0.5) is 4.39 Å². The smallest absolute Gasteiger partial charge is 0.257 e. The van der Waals surface area contributed by atoms with Crippen LogP contribution < -0.4 is 4.74 Å². The van der Waals surface area contributed by atoms with E-state index in [0.717, 1.165) is 37.2 Å².